The van der Waals surface area contributed by atoms with E-state index in [0.717, 1.165) is 11.5 Å². The van der Waals surface area contributed by atoms with Crippen LogP contribution in [0.1, 0.15) is 12.8 Å². The van der Waals surface area contributed by atoms with Crippen LogP contribution in [0.5, 0.6) is 17.2 Å². The summed E-state index contributed by atoms with van der Waals surface area (Å²) in [5.41, 5.74) is 0. The third kappa shape index (κ3) is 7.35. The van der Waals surface area contributed by atoms with E-state index in [0.29, 0.717) is 43.4 Å². The fourth-order valence-electron chi connectivity index (χ4n) is 2.09. The number of carbonyl (C=O) groups is 1. The number of halogens is 1. The number of benzene rings is 2. The van der Waals surface area contributed by atoms with E-state index in [1.165, 1.54) is 0 Å². The first-order valence-corrected chi connectivity index (χ1v) is 8.47. The van der Waals surface area contributed by atoms with Gasteiger partial charge in [-0.15, -0.1) is 0 Å². The molecule has 25 heavy (non-hydrogen) atoms. The van der Waals surface area contributed by atoms with Gasteiger partial charge in [-0.1, -0.05) is 17.7 Å². The second kappa shape index (κ2) is 10.5. The van der Waals surface area contributed by atoms with Crippen molar-refractivity contribution in [1.29, 1.82) is 0 Å². The topological polar surface area (TPSA) is 56.8 Å². The van der Waals surface area contributed by atoms with E-state index < -0.39 is 0 Å². The van der Waals surface area contributed by atoms with Gasteiger partial charge in [0.25, 0.3) is 0 Å². The number of hydrogen-bond acceptors (Lipinski definition) is 4. The zero-order valence-electron chi connectivity index (χ0n) is 14.2. The van der Waals surface area contributed by atoms with E-state index in [-0.39, 0.29) is 5.91 Å². The summed E-state index contributed by atoms with van der Waals surface area (Å²) < 4.78 is 16.2. The molecule has 0 aliphatic rings. The molecule has 0 fully saturated rings. The maximum atomic E-state index is 11.8. The van der Waals surface area contributed by atoms with Gasteiger partial charge in [-0.2, -0.15) is 0 Å². The third-order valence-electron chi connectivity index (χ3n) is 3.36. The van der Waals surface area contributed by atoms with Crippen LogP contribution < -0.4 is 19.5 Å². The standard InChI is InChI=1S/C19H22ClNO4/c1-23-17-4-2-5-18(14-17)25-13-11-21-19(22)6-3-12-24-16-9-7-15(20)8-10-16/h2,4-5,7-10,14H,3,6,11-13H2,1H3,(H,21,22). The van der Waals surface area contributed by atoms with Crippen molar-refractivity contribution >= 4 is 17.5 Å². The van der Waals surface area contributed by atoms with Gasteiger partial charge < -0.3 is 19.5 Å². The van der Waals surface area contributed by atoms with Crippen LogP contribution in [0.15, 0.2) is 48.5 Å². The van der Waals surface area contributed by atoms with Gasteiger partial charge in [-0.05, 0) is 42.8 Å². The highest BCUT2D eigenvalue weighted by Crippen LogP contribution is 2.18. The van der Waals surface area contributed by atoms with Gasteiger partial charge >= 0.3 is 0 Å². The van der Waals surface area contributed by atoms with Gasteiger partial charge in [0.1, 0.15) is 23.9 Å². The Labute approximate surface area is 152 Å². The lowest BCUT2D eigenvalue weighted by atomic mass is 10.3. The summed E-state index contributed by atoms with van der Waals surface area (Å²) in [4.78, 5) is 11.8. The van der Waals surface area contributed by atoms with Crippen molar-refractivity contribution in [3.8, 4) is 17.2 Å². The van der Waals surface area contributed by atoms with Crippen LogP contribution in [0.2, 0.25) is 5.02 Å². The lowest BCUT2D eigenvalue weighted by Crippen LogP contribution is -2.28. The minimum absolute atomic E-state index is 0.0195. The molecular formula is C19H22ClNO4. The van der Waals surface area contributed by atoms with Crippen molar-refractivity contribution in [2.45, 2.75) is 12.8 Å². The van der Waals surface area contributed by atoms with Crippen molar-refractivity contribution < 1.29 is 19.0 Å². The van der Waals surface area contributed by atoms with Crippen molar-refractivity contribution in [3.05, 3.63) is 53.6 Å². The summed E-state index contributed by atoms with van der Waals surface area (Å²) in [5, 5.41) is 3.49. The van der Waals surface area contributed by atoms with Crippen molar-refractivity contribution in [3.63, 3.8) is 0 Å². The number of amides is 1. The van der Waals surface area contributed by atoms with Crippen molar-refractivity contribution in [1.82, 2.24) is 5.32 Å². The number of nitrogens with one attached hydrogen (secondary N) is 1. The zero-order chi connectivity index (χ0) is 17.9. The molecule has 6 heteroatoms. The Morgan fingerprint density at radius 2 is 1.72 bits per heavy atom. The lowest BCUT2D eigenvalue weighted by molar-refractivity contribution is -0.121. The van der Waals surface area contributed by atoms with Gasteiger partial charge in [-0.3, -0.25) is 4.79 Å². The second-order valence-corrected chi connectivity index (χ2v) is 5.72. The smallest absolute Gasteiger partial charge is 0.220 e. The molecule has 0 spiro atoms. The molecule has 5 nitrogen and oxygen atoms in total. The van der Waals surface area contributed by atoms with Crippen LogP contribution in [-0.4, -0.2) is 32.8 Å². The molecule has 0 aliphatic heterocycles. The van der Waals surface area contributed by atoms with Crippen LogP contribution in [0.4, 0.5) is 0 Å². The maximum Gasteiger partial charge on any atom is 0.220 e. The highest BCUT2D eigenvalue weighted by atomic mass is 35.5. The summed E-state index contributed by atoms with van der Waals surface area (Å²) >= 11 is 5.80. The molecule has 0 atom stereocenters. The van der Waals surface area contributed by atoms with E-state index in [1.54, 1.807) is 37.4 Å². The first-order chi connectivity index (χ1) is 12.2. The fraction of sp³-hybridized carbons (Fsp3) is 0.316. The SMILES string of the molecule is COc1cccc(OCCNC(=O)CCCOc2ccc(Cl)cc2)c1. The molecule has 2 aromatic rings. The molecule has 0 aliphatic carbocycles. The fourth-order valence-corrected chi connectivity index (χ4v) is 2.22. The van der Waals surface area contributed by atoms with Crippen LogP contribution in [-0.2, 0) is 4.79 Å². The number of ether oxygens (including phenoxy) is 3. The van der Waals surface area contributed by atoms with Gasteiger partial charge in [0, 0.05) is 17.5 Å². The highest BCUT2D eigenvalue weighted by Gasteiger charge is 2.02. The van der Waals surface area contributed by atoms with E-state index in [2.05, 4.69) is 5.32 Å². The Morgan fingerprint density at radius 1 is 1.00 bits per heavy atom. The normalized spacial score (nSPS) is 10.2. The molecule has 0 heterocycles. The van der Waals surface area contributed by atoms with Crippen LogP contribution in [0.3, 0.4) is 0 Å². The van der Waals surface area contributed by atoms with Gasteiger partial charge in [-0.25, -0.2) is 0 Å². The number of methoxy groups -OCH3 is 1. The van der Waals surface area contributed by atoms with Crippen LogP contribution in [0, 0.1) is 0 Å². The lowest BCUT2D eigenvalue weighted by Gasteiger charge is -2.09. The predicted molar refractivity (Wildman–Crippen MR) is 97.7 cm³/mol. The van der Waals surface area contributed by atoms with Gasteiger partial charge in [0.05, 0.1) is 20.3 Å². The Balaban J connectivity index is 1.54. The largest absolute Gasteiger partial charge is 0.497 e. The summed E-state index contributed by atoms with van der Waals surface area (Å²) in [5.74, 6) is 2.18. The summed E-state index contributed by atoms with van der Waals surface area (Å²) in [6, 6.07) is 14.5. The summed E-state index contributed by atoms with van der Waals surface area (Å²) in [6.45, 7) is 1.34. The Bertz CT molecular complexity index is 661. The van der Waals surface area contributed by atoms with E-state index in [1.807, 2.05) is 18.2 Å². The molecule has 1 N–H and O–H groups in total. The minimum atomic E-state index is -0.0195. The average molecular weight is 364 g/mol. The Kier molecular flexibility index (Phi) is 7.92. The number of rotatable bonds is 10. The van der Waals surface area contributed by atoms with Crippen molar-refractivity contribution in [2.24, 2.45) is 0 Å². The molecule has 2 aromatic carbocycles. The molecule has 0 saturated carbocycles. The molecule has 0 aromatic heterocycles. The minimum Gasteiger partial charge on any atom is -0.497 e. The predicted octanol–water partition coefficient (Wildman–Crippen LogP) is 3.70. The molecule has 1 amide bonds. The highest BCUT2D eigenvalue weighted by molar-refractivity contribution is 6.30. The Morgan fingerprint density at radius 3 is 2.48 bits per heavy atom. The van der Waals surface area contributed by atoms with Gasteiger partial charge in [0.2, 0.25) is 5.91 Å². The molecular weight excluding hydrogens is 342 g/mol. The summed E-state index contributed by atoms with van der Waals surface area (Å²) in [6.07, 6.45) is 1.05. The first-order valence-electron chi connectivity index (χ1n) is 8.09. The molecule has 0 unspecified atom stereocenters. The van der Waals surface area contributed by atoms with Crippen LogP contribution in [0.25, 0.3) is 0 Å². The van der Waals surface area contributed by atoms with E-state index in [4.69, 9.17) is 25.8 Å². The quantitative estimate of drug-likeness (QED) is 0.654. The van der Waals surface area contributed by atoms with E-state index >= 15 is 0 Å². The number of carbonyl (C=O) groups excluding carboxylic acids is 1. The number of hydrogen-bond donors (Lipinski definition) is 1. The third-order valence-corrected chi connectivity index (χ3v) is 3.62. The van der Waals surface area contributed by atoms with Crippen LogP contribution >= 0.6 is 11.6 Å². The molecule has 0 saturated heterocycles. The first kappa shape index (κ1) is 18.9. The molecule has 0 radical (unpaired) electrons. The maximum absolute atomic E-state index is 11.8. The molecule has 0 bridgehead atoms. The Hall–Kier alpha value is -2.40. The zero-order valence-corrected chi connectivity index (χ0v) is 14.9. The van der Waals surface area contributed by atoms with Crippen molar-refractivity contribution in [2.75, 3.05) is 26.9 Å². The molecule has 2 rings (SSSR count). The second-order valence-electron chi connectivity index (χ2n) is 5.28. The summed E-state index contributed by atoms with van der Waals surface area (Å²) in [7, 11) is 1.61. The monoisotopic (exact) mass is 363 g/mol. The van der Waals surface area contributed by atoms with E-state index in [9.17, 15) is 4.79 Å². The molecule has 134 valence electrons. The van der Waals surface area contributed by atoms with Gasteiger partial charge in [0.15, 0.2) is 0 Å². The average Bonchev–Trinajstić information content (AvgIpc) is 2.64.